The molecule has 27 heavy (non-hydrogen) atoms. The van der Waals surface area contributed by atoms with Gasteiger partial charge in [-0.3, -0.25) is 9.52 Å². The number of carbonyl (C=O) groups is 1. The zero-order valence-electron chi connectivity index (χ0n) is 15.1. The number of hydrogen-bond acceptors (Lipinski definition) is 4. The molecule has 3 unspecified atom stereocenters. The predicted octanol–water partition coefficient (Wildman–Crippen LogP) is 4.66. The normalized spacial score (nSPS) is 24.9. The number of nitrogens with zero attached hydrogens (tertiary/aromatic N) is 1. The Bertz CT molecular complexity index is 819. The average molecular weight is 409 g/mol. The van der Waals surface area contributed by atoms with Crippen molar-refractivity contribution in [1.29, 1.82) is 0 Å². The molecule has 144 valence electrons. The van der Waals surface area contributed by atoms with Crippen LogP contribution in [0.4, 0.5) is 8.78 Å². The highest BCUT2D eigenvalue weighted by Gasteiger charge is 2.48. The van der Waals surface area contributed by atoms with E-state index in [1.165, 1.54) is 29.5 Å². The minimum absolute atomic E-state index is 0.0223. The maximum Gasteiger partial charge on any atom is 0.226 e. The zero-order valence-corrected chi connectivity index (χ0v) is 16.7. The van der Waals surface area contributed by atoms with Crippen LogP contribution >= 0.6 is 23.3 Å². The van der Waals surface area contributed by atoms with Crippen LogP contribution in [0.3, 0.4) is 0 Å². The van der Waals surface area contributed by atoms with Gasteiger partial charge in [0.15, 0.2) is 0 Å². The topological polar surface area (TPSA) is 32.3 Å². The third-order valence-corrected chi connectivity index (χ3v) is 7.01. The van der Waals surface area contributed by atoms with Gasteiger partial charge in [-0.05, 0) is 49.1 Å². The number of halogens is 2. The molecule has 1 aliphatic heterocycles. The van der Waals surface area contributed by atoms with Gasteiger partial charge >= 0.3 is 0 Å². The molecule has 0 spiro atoms. The number of hydrogen-bond donors (Lipinski definition) is 1. The largest absolute Gasteiger partial charge is 0.341 e. The second-order valence-electron chi connectivity index (χ2n) is 7.19. The maximum atomic E-state index is 14.2. The number of benzene rings is 1. The summed E-state index contributed by atoms with van der Waals surface area (Å²) < 4.78 is 31.8. The quantitative estimate of drug-likeness (QED) is 0.731. The lowest BCUT2D eigenvalue weighted by atomic mass is 10.0. The third-order valence-electron chi connectivity index (χ3n) is 5.39. The van der Waals surface area contributed by atoms with Crippen LogP contribution in [0.15, 0.2) is 29.6 Å². The van der Waals surface area contributed by atoms with Crippen molar-refractivity contribution in [3.05, 3.63) is 46.2 Å². The second-order valence-corrected chi connectivity index (χ2v) is 8.78. The molecule has 1 saturated carbocycles. The van der Waals surface area contributed by atoms with E-state index in [0.717, 1.165) is 37.2 Å². The summed E-state index contributed by atoms with van der Waals surface area (Å²) in [6.07, 6.45) is 4.85. The zero-order chi connectivity index (χ0) is 19.0. The van der Waals surface area contributed by atoms with Crippen molar-refractivity contribution in [3.8, 4) is 11.1 Å². The summed E-state index contributed by atoms with van der Waals surface area (Å²) in [5.74, 6) is -0.924. The van der Waals surface area contributed by atoms with E-state index < -0.39 is 11.6 Å². The minimum atomic E-state index is -0.555. The summed E-state index contributed by atoms with van der Waals surface area (Å²) in [5.41, 5.74) is 0.616. The molecule has 1 amide bonds. The van der Waals surface area contributed by atoms with E-state index in [1.807, 2.05) is 16.5 Å². The number of carbonyl (C=O) groups excluding carboxylic acids is 1. The maximum absolute atomic E-state index is 14.2. The Kier molecular flexibility index (Phi) is 5.53. The monoisotopic (exact) mass is 408 g/mol. The number of piperidine rings is 1. The van der Waals surface area contributed by atoms with E-state index in [1.54, 1.807) is 18.0 Å². The third kappa shape index (κ3) is 3.77. The highest BCUT2D eigenvalue weighted by atomic mass is 32.2. The highest BCUT2D eigenvalue weighted by molar-refractivity contribution is 7.96. The van der Waals surface area contributed by atoms with Crippen molar-refractivity contribution in [3.63, 3.8) is 0 Å². The molecule has 2 aliphatic rings. The SMILES string of the molecule is CSNC1CCCN(C(=O)C2CC2c2sccc2-c2c(F)cccc2F)C1. The Hall–Kier alpha value is -1.44. The minimum Gasteiger partial charge on any atom is -0.341 e. The molecule has 1 aliphatic carbocycles. The Labute approximate surface area is 166 Å². The fourth-order valence-electron chi connectivity index (χ4n) is 4.00. The van der Waals surface area contributed by atoms with Crippen molar-refractivity contribution < 1.29 is 13.6 Å². The van der Waals surface area contributed by atoms with Gasteiger partial charge in [-0.2, -0.15) is 0 Å². The van der Waals surface area contributed by atoms with E-state index in [2.05, 4.69) is 4.72 Å². The first kappa shape index (κ1) is 18.9. The molecule has 1 aromatic heterocycles. The highest BCUT2D eigenvalue weighted by Crippen LogP contribution is 2.53. The van der Waals surface area contributed by atoms with Crippen molar-refractivity contribution in [1.82, 2.24) is 9.62 Å². The van der Waals surface area contributed by atoms with Crippen molar-refractivity contribution in [2.24, 2.45) is 5.92 Å². The Balaban J connectivity index is 1.50. The molecule has 4 rings (SSSR count). The fraction of sp³-hybridized carbons (Fsp3) is 0.450. The van der Waals surface area contributed by atoms with Crippen LogP contribution in [0.2, 0.25) is 0 Å². The van der Waals surface area contributed by atoms with Crippen LogP contribution in [0, 0.1) is 17.6 Å². The molecule has 2 heterocycles. The van der Waals surface area contributed by atoms with Gasteiger partial charge in [0, 0.05) is 41.4 Å². The first-order chi connectivity index (χ1) is 13.1. The van der Waals surface area contributed by atoms with Gasteiger partial charge in [0.1, 0.15) is 11.6 Å². The number of amides is 1. The Morgan fingerprint density at radius 3 is 2.81 bits per heavy atom. The number of thiophene rings is 1. The summed E-state index contributed by atoms with van der Waals surface area (Å²) in [5, 5.41) is 1.86. The van der Waals surface area contributed by atoms with E-state index in [0.29, 0.717) is 11.6 Å². The van der Waals surface area contributed by atoms with E-state index in [9.17, 15) is 13.6 Å². The lowest BCUT2D eigenvalue weighted by Crippen LogP contribution is -2.46. The van der Waals surface area contributed by atoms with Crippen molar-refractivity contribution in [2.45, 2.75) is 31.2 Å². The Morgan fingerprint density at radius 2 is 2.07 bits per heavy atom. The number of likely N-dealkylation sites (tertiary alicyclic amines) is 1. The Morgan fingerprint density at radius 1 is 1.30 bits per heavy atom. The van der Waals surface area contributed by atoms with Gasteiger partial charge in [-0.1, -0.05) is 18.0 Å². The van der Waals surface area contributed by atoms with Crippen molar-refractivity contribution in [2.75, 3.05) is 19.3 Å². The van der Waals surface area contributed by atoms with Gasteiger partial charge in [0.25, 0.3) is 0 Å². The first-order valence-electron chi connectivity index (χ1n) is 9.19. The van der Waals surface area contributed by atoms with Gasteiger partial charge in [-0.25, -0.2) is 8.78 Å². The summed E-state index contributed by atoms with van der Waals surface area (Å²) in [6.45, 7) is 1.54. The second kappa shape index (κ2) is 7.89. The van der Waals surface area contributed by atoms with E-state index in [4.69, 9.17) is 0 Å². The summed E-state index contributed by atoms with van der Waals surface area (Å²) in [6, 6.07) is 6.03. The van der Waals surface area contributed by atoms with Crippen LogP contribution in [-0.4, -0.2) is 36.2 Å². The standard InChI is InChI=1S/C20H22F2N2OS2/c1-26-23-12-4-3-8-24(11-12)20(25)15-10-14(15)19-13(7-9-27-19)18-16(21)5-2-6-17(18)22/h2,5-7,9,12,14-15,23H,3-4,8,10-11H2,1H3. The molecule has 2 aromatic rings. The fourth-order valence-corrected chi connectivity index (χ4v) is 5.61. The molecule has 7 heteroatoms. The predicted molar refractivity (Wildman–Crippen MR) is 107 cm³/mol. The molecule has 1 saturated heterocycles. The van der Waals surface area contributed by atoms with Crippen molar-refractivity contribution >= 4 is 29.2 Å². The smallest absolute Gasteiger partial charge is 0.226 e. The summed E-state index contributed by atoms with van der Waals surface area (Å²) >= 11 is 3.08. The van der Waals surface area contributed by atoms with Gasteiger partial charge in [-0.15, -0.1) is 11.3 Å². The number of nitrogens with one attached hydrogen (secondary N) is 1. The number of rotatable bonds is 5. The van der Waals surface area contributed by atoms with E-state index in [-0.39, 0.29) is 23.3 Å². The first-order valence-corrected chi connectivity index (χ1v) is 11.3. The lowest BCUT2D eigenvalue weighted by molar-refractivity contribution is -0.133. The lowest BCUT2D eigenvalue weighted by Gasteiger charge is -2.33. The summed E-state index contributed by atoms with van der Waals surface area (Å²) in [7, 11) is 0. The summed E-state index contributed by atoms with van der Waals surface area (Å²) in [4.78, 5) is 15.8. The molecule has 1 aromatic carbocycles. The molecular formula is C20H22F2N2OS2. The van der Waals surface area contributed by atoms with Crippen LogP contribution in [-0.2, 0) is 4.79 Å². The molecule has 0 bridgehead atoms. The molecule has 3 nitrogen and oxygen atoms in total. The van der Waals surface area contributed by atoms with E-state index >= 15 is 0 Å². The van der Waals surface area contributed by atoms with Crippen LogP contribution in [0.1, 0.15) is 30.1 Å². The average Bonchev–Trinajstić information content (AvgIpc) is 3.31. The van der Waals surface area contributed by atoms with Crippen LogP contribution in [0.5, 0.6) is 0 Å². The molecule has 2 fully saturated rings. The molecule has 1 N–H and O–H groups in total. The van der Waals surface area contributed by atoms with Crippen LogP contribution in [0.25, 0.3) is 11.1 Å². The van der Waals surface area contributed by atoms with Gasteiger partial charge in [0.2, 0.25) is 5.91 Å². The van der Waals surface area contributed by atoms with Gasteiger partial charge < -0.3 is 4.90 Å². The molecule has 3 atom stereocenters. The van der Waals surface area contributed by atoms with Crippen LogP contribution < -0.4 is 4.72 Å². The molecular weight excluding hydrogens is 386 g/mol. The van der Waals surface area contributed by atoms with Gasteiger partial charge in [0.05, 0.1) is 5.56 Å². The molecule has 0 radical (unpaired) electrons.